The summed E-state index contributed by atoms with van der Waals surface area (Å²) in [5.41, 5.74) is 3.35. The Morgan fingerprint density at radius 3 is 2.60 bits per heavy atom. The van der Waals surface area contributed by atoms with E-state index >= 15 is 0 Å². The molecule has 2 amide bonds. The molecule has 184 valence electrons. The van der Waals surface area contributed by atoms with Crippen molar-refractivity contribution in [3.63, 3.8) is 0 Å². The first-order valence-corrected chi connectivity index (χ1v) is 13.6. The van der Waals surface area contributed by atoms with Gasteiger partial charge in [-0.2, -0.15) is 5.10 Å². The van der Waals surface area contributed by atoms with E-state index in [1.54, 1.807) is 10.9 Å². The summed E-state index contributed by atoms with van der Waals surface area (Å²) in [5.74, 6) is 0.428. The number of amides is 2. The van der Waals surface area contributed by atoms with Gasteiger partial charge in [-0.05, 0) is 38.3 Å². The predicted octanol–water partition coefficient (Wildman–Crippen LogP) is 5.07. The number of benzene rings is 1. The monoisotopic (exact) mass is 511 g/mol. The highest BCUT2D eigenvalue weighted by Crippen LogP contribution is 2.30. The lowest BCUT2D eigenvalue weighted by atomic mass is 9.84. The first-order valence-electron chi connectivity index (χ1n) is 12.3. The van der Waals surface area contributed by atoms with Crippen molar-refractivity contribution >= 4 is 34.8 Å². The predicted molar refractivity (Wildman–Crippen MR) is 138 cm³/mol. The zero-order chi connectivity index (χ0) is 24.5. The van der Waals surface area contributed by atoms with E-state index < -0.39 is 0 Å². The van der Waals surface area contributed by atoms with E-state index in [1.807, 2.05) is 46.4 Å². The summed E-state index contributed by atoms with van der Waals surface area (Å²) in [4.78, 5) is 34.9. The normalized spacial score (nSPS) is 18.5. The molecule has 0 N–H and O–H groups in total. The molecule has 1 aromatic carbocycles. The Bertz CT molecular complexity index is 1220. The van der Waals surface area contributed by atoms with Crippen LogP contribution >= 0.6 is 22.9 Å². The van der Waals surface area contributed by atoms with E-state index in [-0.39, 0.29) is 23.8 Å². The largest absolute Gasteiger partial charge is 0.336 e. The van der Waals surface area contributed by atoms with Gasteiger partial charge >= 0.3 is 0 Å². The van der Waals surface area contributed by atoms with Crippen LogP contribution in [0.5, 0.6) is 0 Å². The van der Waals surface area contributed by atoms with Crippen molar-refractivity contribution in [2.24, 2.45) is 5.92 Å². The van der Waals surface area contributed by atoms with E-state index in [0.717, 1.165) is 54.2 Å². The van der Waals surface area contributed by atoms with E-state index in [0.29, 0.717) is 30.2 Å². The Hall–Kier alpha value is -2.71. The molecule has 3 heterocycles. The number of aromatic nitrogens is 3. The Kier molecular flexibility index (Phi) is 6.93. The highest BCUT2D eigenvalue weighted by atomic mass is 35.5. The first kappa shape index (κ1) is 24.0. The van der Waals surface area contributed by atoms with Gasteiger partial charge in [0.2, 0.25) is 11.0 Å². The molecular weight excluding hydrogens is 482 g/mol. The summed E-state index contributed by atoms with van der Waals surface area (Å²) >= 11 is 7.52. The molecule has 1 saturated heterocycles. The molecule has 1 aliphatic carbocycles. The van der Waals surface area contributed by atoms with Crippen LogP contribution in [0.4, 0.5) is 0 Å². The minimum Gasteiger partial charge on any atom is -0.336 e. The first-order chi connectivity index (χ1) is 17.0. The van der Waals surface area contributed by atoms with Gasteiger partial charge in [-0.15, -0.1) is 11.3 Å². The third kappa shape index (κ3) is 4.74. The van der Waals surface area contributed by atoms with Crippen molar-refractivity contribution in [3.8, 4) is 16.4 Å². The SMILES string of the molecule is CCCc1c(C(=O)N2CCN(C(=O)C3CCC3)C(C)C2)cnn1-c1nc(-c2ccc(Cl)cc2)cs1. The molecule has 0 radical (unpaired) electrons. The fourth-order valence-corrected chi connectivity index (χ4v) is 5.78. The Morgan fingerprint density at radius 2 is 1.94 bits per heavy atom. The van der Waals surface area contributed by atoms with E-state index in [4.69, 9.17) is 16.6 Å². The molecule has 5 rings (SSSR count). The van der Waals surface area contributed by atoms with Crippen LogP contribution in [0.25, 0.3) is 16.4 Å². The van der Waals surface area contributed by atoms with Gasteiger partial charge in [0.05, 0.1) is 23.1 Å². The molecule has 0 bridgehead atoms. The van der Waals surface area contributed by atoms with Gasteiger partial charge in [-0.3, -0.25) is 9.59 Å². The van der Waals surface area contributed by atoms with Crippen LogP contribution in [0.2, 0.25) is 5.02 Å². The Morgan fingerprint density at radius 1 is 1.17 bits per heavy atom. The van der Waals surface area contributed by atoms with Crippen LogP contribution in [0.1, 0.15) is 55.6 Å². The summed E-state index contributed by atoms with van der Waals surface area (Å²) in [5, 5.41) is 8.00. The molecule has 2 aliphatic rings. The molecular formula is C26H30ClN5O2S. The molecule has 1 atom stereocenters. The average Bonchev–Trinajstić information content (AvgIpc) is 3.45. The van der Waals surface area contributed by atoms with E-state index in [2.05, 4.69) is 12.0 Å². The van der Waals surface area contributed by atoms with Crippen molar-refractivity contribution in [1.82, 2.24) is 24.6 Å². The molecule has 35 heavy (non-hydrogen) atoms. The number of hydrogen-bond donors (Lipinski definition) is 0. The number of carbonyl (C=O) groups is 2. The number of carbonyl (C=O) groups excluding carboxylic acids is 2. The smallest absolute Gasteiger partial charge is 0.257 e. The standard InChI is InChI=1S/C26H30ClN5O2S/c1-3-5-23-21(25(34)30-12-13-31(17(2)15-30)24(33)19-6-4-7-19)14-28-32(23)26-29-22(16-35-26)18-8-10-20(27)11-9-18/h8-11,14,16-17,19H,3-7,12-13,15H2,1-2H3. The van der Waals surface area contributed by atoms with Crippen LogP contribution < -0.4 is 0 Å². The lowest BCUT2D eigenvalue weighted by Crippen LogP contribution is -2.57. The van der Waals surface area contributed by atoms with Crippen LogP contribution in [0, 0.1) is 5.92 Å². The second-order valence-electron chi connectivity index (χ2n) is 9.45. The summed E-state index contributed by atoms with van der Waals surface area (Å²) in [6.45, 7) is 5.83. The summed E-state index contributed by atoms with van der Waals surface area (Å²) in [6.07, 6.45) is 6.44. The van der Waals surface area contributed by atoms with Crippen LogP contribution in [0.15, 0.2) is 35.8 Å². The van der Waals surface area contributed by atoms with Gasteiger partial charge in [0, 0.05) is 47.6 Å². The molecule has 1 aliphatic heterocycles. The van der Waals surface area contributed by atoms with Crippen molar-refractivity contribution in [1.29, 1.82) is 0 Å². The van der Waals surface area contributed by atoms with Gasteiger partial charge in [0.1, 0.15) is 0 Å². The highest BCUT2D eigenvalue weighted by molar-refractivity contribution is 7.12. The quantitative estimate of drug-likeness (QED) is 0.463. The number of halogens is 1. The summed E-state index contributed by atoms with van der Waals surface area (Å²) in [6, 6.07) is 7.62. The molecule has 7 nitrogen and oxygen atoms in total. The Balaban J connectivity index is 1.35. The maximum absolute atomic E-state index is 13.6. The molecule has 1 saturated carbocycles. The fourth-order valence-electron chi connectivity index (χ4n) is 4.84. The number of rotatable bonds is 6. The van der Waals surface area contributed by atoms with Crippen molar-refractivity contribution in [3.05, 3.63) is 52.1 Å². The minimum atomic E-state index is -0.0169. The molecule has 0 spiro atoms. The third-order valence-electron chi connectivity index (χ3n) is 7.05. The van der Waals surface area contributed by atoms with E-state index in [1.165, 1.54) is 11.3 Å². The zero-order valence-corrected chi connectivity index (χ0v) is 21.7. The maximum atomic E-state index is 13.6. The van der Waals surface area contributed by atoms with Crippen LogP contribution in [-0.4, -0.2) is 62.1 Å². The molecule has 2 fully saturated rings. The molecule has 1 unspecified atom stereocenters. The van der Waals surface area contributed by atoms with Crippen LogP contribution in [0.3, 0.4) is 0 Å². The maximum Gasteiger partial charge on any atom is 0.257 e. The number of thiazole rings is 1. The minimum absolute atomic E-state index is 0.0169. The second-order valence-corrected chi connectivity index (χ2v) is 10.7. The van der Waals surface area contributed by atoms with E-state index in [9.17, 15) is 9.59 Å². The lowest BCUT2D eigenvalue weighted by Gasteiger charge is -2.42. The van der Waals surface area contributed by atoms with Gasteiger partial charge in [0.25, 0.3) is 5.91 Å². The molecule has 2 aromatic heterocycles. The summed E-state index contributed by atoms with van der Waals surface area (Å²) in [7, 11) is 0. The molecule has 3 aromatic rings. The van der Waals surface area contributed by atoms with Gasteiger partial charge in [-0.25, -0.2) is 9.67 Å². The highest BCUT2D eigenvalue weighted by Gasteiger charge is 2.36. The average molecular weight is 512 g/mol. The summed E-state index contributed by atoms with van der Waals surface area (Å²) < 4.78 is 1.81. The lowest BCUT2D eigenvalue weighted by molar-refractivity contribution is -0.142. The number of hydrogen-bond acceptors (Lipinski definition) is 5. The Labute approximate surface area is 214 Å². The third-order valence-corrected chi connectivity index (χ3v) is 8.12. The van der Waals surface area contributed by atoms with Crippen molar-refractivity contribution < 1.29 is 9.59 Å². The topological polar surface area (TPSA) is 71.3 Å². The van der Waals surface area contributed by atoms with Gasteiger partial charge in [-0.1, -0.05) is 43.5 Å². The van der Waals surface area contributed by atoms with Crippen molar-refractivity contribution in [2.45, 2.75) is 52.0 Å². The zero-order valence-electron chi connectivity index (χ0n) is 20.1. The number of piperazine rings is 1. The van der Waals surface area contributed by atoms with Crippen molar-refractivity contribution in [2.75, 3.05) is 19.6 Å². The van der Waals surface area contributed by atoms with Gasteiger partial charge < -0.3 is 9.80 Å². The fraction of sp³-hybridized carbons (Fsp3) is 0.462. The molecule has 9 heteroatoms. The van der Waals surface area contributed by atoms with Crippen LogP contribution in [-0.2, 0) is 11.2 Å². The number of nitrogens with zero attached hydrogens (tertiary/aromatic N) is 5. The second kappa shape index (κ2) is 10.1. The van der Waals surface area contributed by atoms with Gasteiger partial charge in [0.15, 0.2) is 0 Å².